The fraction of sp³-hybridized carbons (Fsp3) is 0.261. The molecular weight excluding hydrogens is 384 g/mol. The molecule has 3 aromatic rings. The van der Waals surface area contributed by atoms with Crippen LogP contribution in [-0.4, -0.2) is 23.7 Å². The maximum Gasteiger partial charge on any atom is 0.174 e. The van der Waals surface area contributed by atoms with Crippen LogP contribution in [0.5, 0.6) is 11.5 Å². The monoisotopic (exact) mass is 410 g/mol. The van der Waals surface area contributed by atoms with Crippen LogP contribution in [0.4, 0.5) is 5.69 Å². The van der Waals surface area contributed by atoms with Crippen molar-refractivity contribution in [3.63, 3.8) is 0 Å². The highest BCUT2D eigenvalue weighted by atomic mass is 32.1. The summed E-state index contributed by atoms with van der Waals surface area (Å²) in [5.41, 5.74) is 3.08. The Kier molecular flexibility index (Phi) is 7.14. The van der Waals surface area contributed by atoms with Crippen molar-refractivity contribution in [2.45, 2.75) is 26.9 Å². The first kappa shape index (κ1) is 20.7. The molecule has 0 spiro atoms. The lowest BCUT2D eigenvalue weighted by Gasteiger charge is -2.26. The number of hydrogen-bond donors (Lipinski definition) is 1. The quantitative estimate of drug-likeness (QED) is 0.502. The van der Waals surface area contributed by atoms with Crippen molar-refractivity contribution in [2.75, 3.05) is 19.0 Å². The predicted octanol–water partition coefficient (Wildman–Crippen LogP) is 5.39. The lowest BCUT2D eigenvalue weighted by atomic mass is 10.2. The second-order valence-corrected chi connectivity index (χ2v) is 7.03. The van der Waals surface area contributed by atoms with E-state index in [-0.39, 0.29) is 0 Å². The Bertz CT molecular complexity index is 924. The molecule has 29 heavy (non-hydrogen) atoms. The molecule has 0 amide bonds. The first-order chi connectivity index (χ1) is 14.1. The van der Waals surface area contributed by atoms with E-state index < -0.39 is 0 Å². The summed E-state index contributed by atoms with van der Waals surface area (Å²) in [6, 6.07) is 17.9. The Morgan fingerprint density at radius 2 is 1.90 bits per heavy atom. The van der Waals surface area contributed by atoms with Gasteiger partial charge in [0.25, 0.3) is 0 Å². The highest BCUT2D eigenvalue weighted by molar-refractivity contribution is 7.80. The zero-order valence-corrected chi connectivity index (χ0v) is 17.8. The zero-order chi connectivity index (χ0) is 20.6. The number of thiocarbonyl (C=S) groups is 1. The highest BCUT2D eigenvalue weighted by Gasteiger charge is 2.15. The first-order valence-corrected chi connectivity index (χ1v) is 9.94. The number of nitrogens with one attached hydrogen (secondary N) is 1. The summed E-state index contributed by atoms with van der Waals surface area (Å²) in [5, 5.41) is 3.91. The van der Waals surface area contributed by atoms with Crippen LogP contribution in [0, 0.1) is 6.92 Å². The molecule has 1 heterocycles. The zero-order valence-electron chi connectivity index (χ0n) is 17.0. The normalized spacial score (nSPS) is 10.4. The summed E-state index contributed by atoms with van der Waals surface area (Å²) in [6.45, 7) is 5.84. The van der Waals surface area contributed by atoms with Crippen LogP contribution in [0.1, 0.15) is 23.8 Å². The third-order valence-electron chi connectivity index (χ3n) is 4.42. The minimum atomic E-state index is 0.556. The van der Waals surface area contributed by atoms with E-state index in [4.69, 9.17) is 26.1 Å². The summed E-state index contributed by atoms with van der Waals surface area (Å²) in [7, 11) is 1.66. The van der Waals surface area contributed by atoms with Gasteiger partial charge in [-0.1, -0.05) is 18.2 Å². The Morgan fingerprint density at radius 1 is 1.10 bits per heavy atom. The Hall–Kier alpha value is -2.99. The third-order valence-corrected chi connectivity index (χ3v) is 4.78. The van der Waals surface area contributed by atoms with E-state index in [1.807, 2.05) is 56.3 Å². The van der Waals surface area contributed by atoms with Gasteiger partial charge in [0.1, 0.15) is 17.3 Å². The average Bonchev–Trinajstić information content (AvgIpc) is 3.23. The van der Waals surface area contributed by atoms with Crippen LogP contribution in [0.25, 0.3) is 0 Å². The van der Waals surface area contributed by atoms with Gasteiger partial charge in [0.05, 0.1) is 32.2 Å². The van der Waals surface area contributed by atoms with E-state index in [9.17, 15) is 0 Å². The lowest BCUT2D eigenvalue weighted by molar-refractivity contribution is 0.339. The number of anilines is 1. The number of ether oxygens (including phenoxy) is 2. The summed E-state index contributed by atoms with van der Waals surface area (Å²) in [4.78, 5) is 2.06. The fourth-order valence-corrected chi connectivity index (χ4v) is 3.20. The highest BCUT2D eigenvalue weighted by Crippen LogP contribution is 2.26. The largest absolute Gasteiger partial charge is 0.495 e. The molecule has 0 atom stereocenters. The summed E-state index contributed by atoms with van der Waals surface area (Å²) in [6.07, 6.45) is 1.67. The summed E-state index contributed by atoms with van der Waals surface area (Å²) in [5.74, 6) is 2.46. The van der Waals surface area contributed by atoms with Crippen molar-refractivity contribution < 1.29 is 13.9 Å². The minimum Gasteiger partial charge on any atom is -0.495 e. The van der Waals surface area contributed by atoms with Gasteiger partial charge in [-0.2, -0.15) is 0 Å². The van der Waals surface area contributed by atoms with Gasteiger partial charge in [-0.25, -0.2) is 0 Å². The fourth-order valence-electron chi connectivity index (χ4n) is 2.96. The lowest BCUT2D eigenvalue weighted by Crippen LogP contribution is -2.33. The standard InChI is InChI=1S/C23H26N2O3S/c1-4-27-19-10-8-18(9-11-19)15-25(16-20-6-5-13-28-20)23(29)24-21-12-7-17(2)14-22(21)26-3/h5-14H,4,15-16H2,1-3H3,(H,24,29). The van der Waals surface area contributed by atoms with Crippen molar-refractivity contribution in [2.24, 2.45) is 0 Å². The Labute approximate surface area is 177 Å². The molecule has 0 bridgehead atoms. The average molecular weight is 411 g/mol. The van der Waals surface area contributed by atoms with Gasteiger partial charge in [0, 0.05) is 6.54 Å². The molecule has 152 valence electrons. The van der Waals surface area contributed by atoms with Crippen molar-refractivity contribution in [1.82, 2.24) is 4.90 Å². The molecule has 2 aromatic carbocycles. The van der Waals surface area contributed by atoms with E-state index in [0.717, 1.165) is 34.1 Å². The molecule has 1 N–H and O–H groups in total. The number of benzene rings is 2. The second kappa shape index (κ2) is 9.98. The smallest absolute Gasteiger partial charge is 0.174 e. The molecule has 0 aliphatic carbocycles. The molecule has 0 fully saturated rings. The van der Waals surface area contributed by atoms with Gasteiger partial charge in [-0.15, -0.1) is 0 Å². The summed E-state index contributed by atoms with van der Waals surface area (Å²) < 4.78 is 16.6. The molecule has 1 aromatic heterocycles. The number of hydrogen-bond acceptors (Lipinski definition) is 4. The van der Waals surface area contributed by atoms with Gasteiger partial charge < -0.3 is 24.1 Å². The molecule has 3 rings (SSSR count). The molecule has 0 unspecified atom stereocenters. The molecule has 5 nitrogen and oxygen atoms in total. The van der Waals surface area contributed by atoms with Crippen molar-refractivity contribution in [3.05, 3.63) is 77.7 Å². The predicted molar refractivity (Wildman–Crippen MR) is 120 cm³/mol. The molecule has 0 aliphatic rings. The number of methoxy groups -OCH3 is 1. The topological polar surface area (TPSA) is 46.9 Å². The first-order valence-electron chi connectivity index (χ1n) is 9.53. The second-order valence-electron chi connectivity index (χ2n) is 6.65. The van der Waals surface area contributed by atoms with E-state index in [1.54, 1.807) is 13.4 Å². The maximum absolute atomic E-state index is 5.73. The van der Waals surface area contributed by atoms with Gasteiger partial charge in [0.2, 0.25) is 0 Å². The van der Waals surface area contributed by atoms with Gasteiger partial charge in [0.15, 0.2) is 5.11 Å². The number of nitrogens with zero attached hydrogens (tertiary/aromatic N) is 1. The van der Waals surface area contributed by atoms with Gasteiger partial charge in [-0.3, -0.25) is 0 Å². The summed E-state index contributed by atoms with van der Waals surface area (Å²) >= 11 is 5.73. The van der Waals surface area contributed by atoms with Crippen LogP contribution in [0.3, 0.4) is 0 Å². The Balaban J connectivity index is 1.78. The number of aryl methyl sites for hydroxylation is 1. The molecule has 0 radical (unpaired) electrons. The van der Waals surface area contributed by atoms with E-state index >= 15 is 0 Å². The van der Waals surface area contributed by atoms with E-state index in [1.165, 1.54) is 0 Å². The molecular formula is C23H26N2O3S. The Morgan fingerprint density at radius 3 is 2.55 bits per heavy atom. The van der Waals surface area contributed by atoms with Gasteiger partial charge in [-0.05, 0) is 73.6 Å². The van der Waals surface area contributed by atoms with Crippen LogP contribution in [0.15, 0.2) is 65.3 Å². The van der Waals surface area contributed by atoms with E-state index in [0.29, 0.717) is 24.8 Å². The molecule has 0 saturated heterocycles. The third kappa shape index (κ3) is 5.74. The molecule has 0 saturated carbocycles. The van der Waals surface area contributed by atoms with Crippen molar-refractivity contribution in [3.8, 4) is 11.5 Å². The number of rotatable bonds is 8. The molecule has 6 heteroatoms. The van der Waals surface area contributed by atoms with Crippen molar-refractivity contribution in [1.29, 1.82) is 0 Å². The van der Waals surface area contributed by atoms with Crippen LogP contribution < -0.4 is 14.8 Å². The minimum absolute atomic E-state index is 0.556. The van der Waals surface area contributed by atoms with Crippen molar-refractivity contribution >= 4 is 23.0 Å². The SMILES string of the molecule is CCOc1ccc(CN(Cc2ccco2)C(=S)Nc2ccc(C)cc2OC)cc1. The van der Waals surface area contributed by atoms with E-state index in [2.05, 4.69) is 22.3 Å². The number of furan rings is 1. The van der Waals surface area contributed by atoms with Crippen LogP contribution in [0.2, 0.25) is 0 Å². The molecule has 0 aliphatic heterocycles. The van der Waals surface area contributed by atoms with Crippen LogP contribution >= 0.6 is 12.2 Å². The van der Waals surface area contributed by atoms with Crippen LogP contribution in [-0.2, 0) is 13.1 Å². The van der Waals surface area contributed by atoms with Gasteiger partial charge >= 0.3 is 0 Å². The maximum atomic E-state index is 5.73.